The van der Waals surface area contributed by atoms with Crippen molar-refractivity contribution in [3.8, 4) is 5.75 Å². The van der Waals surface area contributed by atoms with E-state index in [1.54, 1.807) is 41.2 Å². The number of benzene rings is 1. The van der Waals surface area contributed by atoms with Crippen molar-refractivity contribution in [3.63, 3.8) is 0 Å². The summed E-state index contributed by atoms with van der Waals surface area (Å²) in [6.45, 7) is 6.23. The highest BCUT2D eigenvalue weighted by Gasteiger charge is 2.26. The molecule has 2 heterocycles. The summed E-state index contributed by atoms with van der Waals surface area (Å²) in [5, 5.41) is 2.80. The number of ether oxygens (including phenoxy) is 1. The molecule has 1 aliphatic rings. The van der Waals surface area contributed by atoms with Gasteiger partial charge in [-0.1, -0.05) is 13.8 Å². The normalized spacial score (nSPS) is 14.6. The lowest BCUT2D eigenvalue weighted by Crippen LogP contribution is -2.50. The molecule has 0 unspecified atom stereocenters. The summed E-state index contributed by atoms with van der Waals surface area (Å²) in [4.78, 5) is 33.2. The molecule has 0 spiro atoms. The third-order valence-electron chi connectivity index (χ3n) is 4.43. The number of carbonyl (C=O) groups excluding carboxylic acids is 2. The zero-order chi connectivity index (χ0) is 18.7. The third kappa shape index (κ3) is 3.88. The molecule has 138 valence electrons. The van der Waals surface area contributed by atoms with E-state index < -0.39 is 0 Å². The molecule has 0 radical (unpaired) electrons. The SMILES string of the molecule is COc1ccc(C(=O)N2CCN(C(=O)c3csc(C(C)C)n3)CC2)cc1. The predicted molar refractivity (Wildman–Crippen MR) is 101 cm³/mol. The first kappa shape index (κ1) is 18.4. The van der Waals surface area contributed by atoms with E-state index in [1.807, 2.05) is 5.38 Å². The Bertz CT molecular complexity index is 778. The van der Waals surface area contributed by atoms with E-state index in [9.17, 15) is 9.59 Å². The van der Waals surface area contributed by atoms with Gasteiger partial charge in [-0.05, 0) is 24.3 Å². The van der Waals surface area contributed by atoms with Gasteiger partial charge in [0, 0.05) is 43.0 Å². The van der Waals surface area contributed by atoms with E-state index in [2.05, 4.69) is 18.8 Å². The van der Waals surface area contributed by atoms with E-state index in [-0.39, 0.29) is 11.8 Å². The van der Waals surface area contributed by atoms with Crippen LogP contribution >= 0.6 is 11.3 Å². The Balaban J connectivity index is 1.59. The van der Waals surface area contributed by atoms with Crippen LogP contribution in [-0.4, -0.2) is 59.9 Å². The number of nitrogens with zero attached hydrogens (tertiary/aromatic N) is 3. The van der Waals surface area contributed by atoms with Crippen LogP contribution in [0.3, 0.4) is 0 Å². The van der Waals surface area contributed by atoms with Crippen LogP contribution in [0.4, 0.5) is 0 Å². The van der Waals surface area contributed by atoms with E-state index in [0.29, 0.717) is 43.4 Å². The van der Waals surface area contributed by atoms with Crippen LogP contribution in [-0.2, 0) is 0 Å². The number of amides is 2. The van der Waals surface area contributed by atoms with Crippen molar-refractivity contribution in [3.05, 3.63) is 45.9 Å². The minimum Gasteiger partial charge on any atom is -0.497 e. The minimum atomic E-state index is -0.0512. The largest absolute Gasteiger partial charge is 0.497 e. The number of aromatic nitrogens is 1. The summed E-state index contributed by atoms with van der Waals surface area (Å²) >= 11 is 1.52. The number of hydrogen-bond acceptors (Lipinski definition) is 5. The standard InChI is InChI=1S/C19H23N3O3S/c1-13(2)17-20-16(12-26-17)19(24)22-10-8-21(9-11-22)18(23)14-4-6-15(25-3)7-5-14/h4-7,12-13H,8-11H2,1-3H3. The first-order valence-electron chi connectivity index (χ1n) is 8.67. The Morgan fingerprint density at radius 2 is 1.62 bits per heavy atom. The maximum absolute atomic E-state index is 12.6. The Morgan fingerprint density at radius 1 is 1.04 bits per heavy atom. The third-order valence-corrected chi connectivity index (χ3v) is 5.57. The molecule has 0 atom stereocenters. The van der Waals surface area contributed by atoms with Crippen LogP contribution in [0.5, 0.6) is 5.75 Å². The van der Waals surface area contributed by atoms with Gasteiger partial charge in [-0.2, -0.15) is 0 Å². The topological polar surface area (TPSA) is 62.7 Å². The number of hydrogen-bond donors (Lipinski definition) is 0. The molecule has 2 amide bonds. The lowest BCUT2D eigenvalue weighted by atomic mass is 10.1. The molecule has 1 aliphatic heterocycles. The molecule has 2 aromatic rings. The highest BCUT2D eigenvalue weighted by atomic mass is 32.1. The molecule has 7 heteroatoms. The van der Waals surface area contributed by atoms with Gasteiger partial charge in [0.05, 0.1) is 12.1 Å². The molecule has 0 bridgehead atoms. The molecule has 1 aromatic carbocycles. The average Bonchev–Trinajstić information content (AvgIpc) is 3.17. The molecule has 0 N–H and O–H groups in total. The molecule has 3 rings (SSSR count). The van der Waals surface area contributed by atoms with Gasteiger partial charge < -0.3 is 14.5 Å². The van der Waals surface area contributed by atoms with Gasteiger partial charge in [-0.15, -0.1) is 11.3 Å². The monoisotopic (exact) mass is 373 g/mol. The zero-order valence-corrected chi connectivity index (χ0v) is 16.1. The summed E-state index contributed by atoms with van der Waals surface area (Å²) in [6.07, 6.45) is 0. The molecular weight excluding hydrogens is 350 g/mol. The molecule has 26 heavy (non-hydrogen) atoms. The molecule has 0 aliphatic carbocycles. The molecule has 1 saturated heterocycles. The summed E-state index contributed by atoms with van der Waals surface area (Å²) in [5.74, 6) is 0.974. The summed E-state index contributed by atoms with van der Waals surface area (Å²) in [5.41, 5.74) is 1.14. The molecule has 1 aromatic heterocycles. The molecule has 0 saturated carbocycles. The fourth-order valence-corrected chi connectivity index (χ4v) is 3.65. The van der Waals surface area contributed by atoms with Crippen LogP contribution < -0.4 is 4.74 Å². The molecule has 6 nitrogen and oxygen atoms in total. The maximum atomic E-state index is 12.6. The maximum Gasteiger partial charge on any atom is 0.273 e. The summed E-state index contributed by atoms with van der Waals surface area (Å²) < 4.78 is 5.12. The summed E-state index contributed by atoms with van der Waals surface area (Å²) in [7, 11) is 1.60. The predicted octanol–water partition coefficient (Wildman–Crippen LogP) is 2.87. The van der Waals surface area contributed by atoms with Crippen molar-refractivity contribution in [2.45, 2.75) is 19.8 Å². The first-order valence-corrected chi connectivity index (χ1v) is 9.55. The van der Waals surface area contributed by atoms with Crippen LogP contribution in [0.15, 0.2) is 29.6 Å². The van der Waals surface area contributed by atoms with Crippen molar-refractivity contribution >= 4 is 23.2 Å². The van der Waals surface area contributed by atoms with E-state index in [1.165, 1.54) is 11.3 Å². The van der Waals surface area contributed by atoms with Crippen molar-refractivity contribution in [2.24, 2.45) is 0 Å². The Hall–Kier alpha value is -2.41. The lowest BCUT2D eigenvalue weighted by molar-refractivity contribution is 0.0532. The van der Waals surface area contributed by atoms with E-state index in [4.69, 9.17) is 4.74 Å². The van der Waals surface area contributed by atoms with Gasteiger partial charge in [0.2, 0.25) is 0 Å². The number of piperazine rings is 1. The summed E-state index contributed by atoms with van der Waals surface area (Å²) in [6, 6.07) is 7.09. The van der Waals surface area contributed by atoms with Crippen LogP contribution in [0.25, 0.3) is 0 Å². The Kier molecular flexibility index (Phi) is 5.56. The van der Waals surface area contributed by atoms with Crippen molar-refractivity contribution in [1.82, 2.24) is 14.8 Å². The lowest BCUT2D eigenvalue weighted by Gasteiger charge is -2.34. The second kappa shape index (κ2) is 7.86. The van der Waals surface area contributed by atoms with Gasteiger partial charge in [-0.3, -0.25) is 9.59 Å². The smallest absolute Gasteiger partial charge is 0.273 e. The number of carbonyl (C=O) groups is 2. The number of rotatable bonds is 4. The van der Waals surface area contributed by atoms with Gasteiger partial charge in [0.1, 0.15) is 11.4 Å². The highest BCUT2D eigenvalue weighted by molar-refractivity contribution is 7.09. The quantitative estimate of drug-likeness (QED) is 0.827. The average molecular weight is 373 g/mol. The Labute approximate surface area is 157 Å². The minimum absolute atomic E-state index is 0.0181. The van der Waals surface area contributed by atoms with Gasteiger partial charge in [-0.25, -0.2) is 4.98 Å². The number of thiazole rings is 1. The van der Waals surface area contributed by atoms with Crippen molar-refractivity contribution in [2.75, 3.05) is 33.3 Å². The second-order valence-corrected chi connectivity index (χ2v) is 7.43. The van der Waals surface area contributed by atoms with Crippen LogP contribution in [0.1, 0.15) is 45.6 Å². The van der Waals surface area contributed by atoms with Crippen LogP contribution in [0.2, 0.25) is 0 Å². The van der Waals surface area contributed by atoms with Gasteiger partial charge >= 0.3 is 0 Å². The fraction of sp³-hybridized carbons (Fsp3) is 0.421. The zero-order valence-electron chi connectivity index (χ0n) is 15.3. The second-order valence-electron chi connectivity index (χ2n) is 6.54. The molecule has 1 fully saturated rings. The Morgan fingerprint density at radius 3 is 2.12 bits per heavy atom. The van der Waals surface area contributed by atoms with E-state index in [0.717, 1.165) is 10.8 Å². The van der Waals surface area contributed by atoms with Gasteiger partial charge in [0.15, 0.2) is 0 Å². The molecular formula is C19H23N3O3S. The van der Waals surface area contributed by atoms with Crippen molar-refractivity contribution < 1.29 is 14.3 Å². The first-order chi connectivity index (χ1) is 12.5. The highest BCUT2D eigenvalue weighted by Crippen LogP contribution is 2.21. The van der Waals surface area contributed by atoms with E-state index >= 15 is 0 Å². The fourth-order valence-electron chi connectivity index (χ4n) is 2.84. The van der Waals surface area contributed by atoms with Crippen molar-refractivity contribution in [1.29, 1.82) is 0 Å². The number of methoxy groups -OCH3 is 1. The van der Waals surface area contributed by atoms with Crippen LogP contribution in [0, 0.1) is 0 Å². The van der Waals surface area contributed by atoms with Gasteiger partial charge in [0.25, 0.3) is 11.8 Å².